The van der Waals surface area contributed by atoms with Gasteiger partial charge in [-0.2, -0.15) is 0 Å². The Morgan fingerprint density at radius 3 is 2.31 bits per heavy atom. The van der Waals surface area contributed by atoms with Crippen molar-refractivity contribution in [3.05, 3.63) is 0 Å². The standard InChI is InChI=1S/C20H37O5P/c1-2-3-4-8-11-17-14-18(17)12-9-6-5-7-10-13-20(21)23-15-19-16-24-26(22)25-19/h17-19,26H,2-16H2,1H3/t17-,18+,19?/m1/s1. The Labute approximate surface area is 159 Å². The Kier molecular flexibility index (Phi) is 10.9. The molecule has 2 aliphatic rings. The van der Waals surface area contributed by atoms with Crippen LogP contribution < -0.4 is 0 Å². The van der Waals surface area contributed by atoms with Gasteiger partial charge in [-0.1, -0.05) is 71.1 Å². The van der Waals surface area contributed by atoms with Crippen molar-refractivity contribution in [2.24, 2.45) is 11.8 Å². The molecule has 0 amide bonds. The van der Waals surface area contributed by atoms with Gasteiger partial charge in [0.25, 0.3) is 0 Å². The molecular formula is C20H37O5P. The van der Waals surface area contributed by atoms with Crippen LogP contribution in [0.1, 0.15) is 90.4 Å². The molecule has 1 heterocycles. The molecule has 0 N–H and O–H groups in total. The minimum Gasteiger partial charge on any atom is -0.463 e. The first-order valence-corrected chi connectivity index (χ1v) is 11.9. The average Bonchev–Trinajstić information content (AvgIpc) is 3.25. The van der Waals surface area contributed by atoms with Gasteiger partial charge in [-0.05, 0) is 24.7 Å². The maximum absolute atomic E-state index is 11.6. The van der Waals surface area contributed by atoms with Crippen LogP contribution in [-0.4, -0.2) is 25.3 Å². The number of rotatable bonds is 15. The summed E-state index contributed by atoms with van der Waals surface area (Å²) < 4.78 is 25.9. The van der Waals surface area contributed by atoms with Crippen molar-refractivity contribution in [2.45, 2.75) is 96.5 Å². The van der Waals surface area contributed by atoms with Crippen LogP contribution in [0.4, 0.5) is 0 Å². The molecule has 1 saturated carbocycles. The van der Waals surface area contributed by atoms with Gasteiger partial charge in [-0.15, -0.1) is 0 Å². The highest BCUT2D eigenvalue weighted by molar-refractivity contribution is 7.33. The molecule has 26 heavy (non-hydrogen) atoms. The van der Waals surface area contributed by atoms with Gasteiger partial charge in [-0.25, -0.2) is 0 Å². The van der Waals surface area contributed by atoms with E-state index in [-0.39, 0.29) is 25.3 Å². The predicted octanol–water partition coefficient (Wildman–Crippen LogP) is 5.67. The second-order valence-electron chi connectivity index (χ2n) is 7.90. The number of carbonyl (C=O) groups excluding carboxylic acids is 1. The summed E-state index contributed by atoms with van der Waals surface area (Å²) in [5, 5.41) is 0. The van der Waals surface area contributed by atoms with E-state index in [9.17, 15) is 9.36 Å². The lowest BCUT2D eigenvalue weighted by molar-refractivity contribution is -0.145. The first kappa shape index (κ1) is 21.9. The molecule has 6 heteroatoms. The fourth-order valence-corrected chi connectivity index (χ4v) is 4.56. The Balaban J connectivity index is 1.32. The molecule has 0 radical (unpaired) electrons. The third-order valence-electron chi connectivity index (χ3n) is 5.53. The highest BCUT2D eigenvalue weighted by atomic mass is 31.1. The Morgan fingerprint density at radius 1 is 1.00 bits per heavy atom. The minimum absolute atomic E-state index is 0.149. The number of hydrogen-bond donors (Lipinski definition) is 0. The van der Waals surface area contributed by atoms with E-state index < -0.39 is 8.25 Å². The van der Waals surface area contributed by atoms with Crippen molar-refractivity contribution in [1.29, 1.82) is 0 Å². The zero-order valence-corrected chi connectivity index (χ0v) is 17.4. The van der Waals surface area contributed by atoms with Crippen LogP contribution in [0.25, 0.3) is 0 Å². The molecule has 1 aliphatic carbocycles. The van der Waals surface area contributed by atoms with E-state index in [1.54, 1.807) is 0 Å². The van der Waals surface area contributed by atoms with Crippen molar-refractivity contribution in [2.75, 3.05) is 13.2 Å². The van der Waals surface area contributed by atoms with E-state index in [1.807, 2.05) is 0 Å². The topological polar surface area (TPSA) is 61.8 Å². The highest BCUT2D eigenvalue weighted by Gasteiger charge is 2.34. The molecule has 2 fully saturated rings. The second-order valence-corrected chi connectivity index (χ2v) is 8.92. The molecule has 1 saturated heterocycles. The molecule has 0 aromatic carbocycles. The normalized spacial score (nSPS) is 27.6. The Morgan fingerprint density at radius 2 is 1.65 bits per heavy atom. The van der Waals surface area contributed by atoms with Crippen molar-refractivity contribution >= 4 is 14.2 Å². The smallest absolute Gasteiger partial charge is 0.319 e. The van der Waals surface area contributed by atoms with Crippen LogP contribution >= 0.6 is 8.25 Å². The van der Waals surface area contributed by atoms with Crippen molar-refractivity contribution in [1.82, 2.24) is 0 Å². The molecule has 5 nitrogen and oxygen atoms in total. The lowest BCUT2D eigenvalue weighted by atomic mass is 10.0. The summed E-state index contributed by atoms with van der Waals surface area (Å²) in [5.41, 5.74) is 0. The molecular weight excluding hydrogens is 351 g/mol. The maximum Gasteiger partial charge on any atom is 0.319 e. The van der Waals surface area contributed by atoms with Crippen LogP contribution in [0.5, 0.6) is 0 Å². The SMILES string of the molecule is CCCCCC[C@@H]1C[C@@H]1CCCCCCCC(=O)OCC1CO[PH](=O)O1. The van der Waals surface area contributed by atoms with Gasteiger partial charge < -0.3 is 13.8 Å². The zero-order chi connectivity index (χ0) is 18.6. The van der Waals surface area contributed by atoms with Crippen LogP contribution in [0, 0.1) is 11.8 Å². The largest absolute Gasteiger partial charge is 0.463 e. The number of hydrogen-bond acceptors (Lipinski definition) is 5. The predicted molar refractivity (Wildman–Crippen MR) is 103 cm³/mol. The van der Waals surface area contributed by atoms with E-state index in [4.69, 9.17) is 13.8 Å². The molecule has 0 aromatic rings. The van der Waals surface area contributed by atoms with E-state index in [0.29, 0.717) is 6.42 Å². The molecule has 4 atom stereocenters. The summed E-state index contributed by atoms with van der Waals surface area (Å²) in [7, 11) is -2.34. The zero-order valence-electron chi connectivity index (χ0n) is 16.4. The third-order valence-corrected chi connectivity index (χ3v) is 6.46. The lowest BCUT2D eigenvalue weighted by Gasteiger charge is -2.08. The van der Waals surface area contributed by atoms with Gasteiger partial charge in [0.1, 0.15) is 12.7 Å². The summed E-state index contributed by atoms with van der Waals surface area (Å²) in [5.74, 6) is 1.86. The molecule has 0 aromatic heterocycles. The highest BCUT2D eigenvalue weighted by Crippen LogP contribution is 2.45. The van der Waals surface area contributed by atoms with Gasteiger partial charge >= 0.3 is 14.2 Å². The molecule has 152 valence electrons. The van der Waals surface area contributed by atoms with E-state index in [0.717, 1.165) is 24.7 Å². The van der Waals surface area contributed by atoms with Gasteiger partial charge in [0.15, 0.2) is 0 Å². The summed E-state index contributed by atoms with van der Waals surface area (Å²) in [4.78, 5) is 11.6. The monoisotopic (exact) mass is 388 g/mol. The van der Waals surface area contributed by atoms with E-state index in [1.165, 1.54) is 64.2 Å². The Hall–Kier alpha value is -0.380. The first-order chi connectivity index (χ1) is 12.7. The van der Waals surface area contributed by atoms with Crippen molar-refractivity contribution in [3.63, 3.8) is 0 Å². The molecule has 0 bridgehead atoms. The van der Waals surface area contributed by atoms with E-state index in [2.05, 4.69) is 6.92 Å². The second kappa shape index (κ2) is 12.9. The lowest BCUT2D eigenvalue weighted by Crippen LogP contribution is -2.19. The number of carbonyl (C=O) groups is 1. The van der Waals surface area contributed by atoms with Gasteiger partial charge in [0.05, 0.1) is 6.61 Å². The quantitative estimate of drug-likeness (QED) is 0.205. The van der Waals surface area contributed by atoms with Crippen molar-refractivity contribution < 1.29 is 23.1 Å². The first-order valence-electron chi connectivity index (χ1n) is 10.7. The molecule has 2 rings (SSSR count). The minimum atomic E-state index is -2.34. The van der Waals surface area contributed by atoms with Crippen molar-refractivity contribution in [3.8, 4) is 0 Å². The van der Waals surface area contributed by atoms with Gasteiger partial charge in [0, 0.05) is 6.42 Å². The van der Waals surface area contributed by atoms with Crippen LogP contribution in [0.15, 0.2) is 0 Å². The van der Waals surface area contributed by atoms with E-state index >= 15 is 0 Å². The maximum atomic E-state index is 11.6. The van der Waals surface area contributed by atoms with Crippen LogP contribution in [0.3, 0.4) is 0 Å². The molecule has 2 unspecified atom stereocenters. The molecule has 0 spiro atoms. The van der Waals surface area contributed by atoms with Gasteiger partial charge in [0.2, 0.25) is 0 Å². The number of unbranched alkanes of at least 4 members (excludes halogenated alkanes) is 7. The average molecular weight is 388 g/mol. The summed E-state index contributed by atoms with van der Waals surface area (Å²) >= 11 is 0. The third kappa shape index (κ3) is 9.53. The Bertz CT molecular complexity index is 428. The van der Waals surface area contributed by atoms with Crippen LogP contribution in [0.2, 0.25) is 0 Å². The van der Waals surface area contributed by atoms with Gasteiger partial charge in [-0.3, -0.25) is 9.36 Å². The summed E-state index contributed by atoms with van der Waals surface area (Å²) in [6.07, 6.45) is 15.9. The summed E-state index contributed by atoms with van der Waals surface area (Å²) in [6.45, 7) is 2.68. The fourth-order valence-electron chi connectivity index (χ4n) is 3.76. The van der Waals surface area contributed by atoms with Crippen LogP contribution in [-0.2, 0) is 23.1 Å². The molecule has 1 aliphatic heterocycles. The fraction of sp³-hybridized carbons (Fsp3) is 0.950. The summed E-state index contributed by atoms with van der Waals surface area (Å²) in [6, 6.07) is 0. The number of esters is 1. The number of ether oxygens (including phenoxy) is 1.